The van der Waals surface area contributed by atoms with Crippen LogP contribution in [0.3, 0.4) is 0 Å². The minimum atomic E-state index is 0. The Labute approximate surface area is 326 Å². The quantitative estimate of drug-likeness (QED) is 0.165. The van der Waals surface area contributed by atoms with Crippen LogP contribution in [-0.2, 0) is 21.1 Å². The van der Waals surface area contributed by atoms with Gasteiger partial charge in [0.05, 0.1) is 5.69 Å². The van der Waals surface area contributed by atoms with E-state index in [2.05, 4.69) is 81.2 Å². The Morgan fingerprint density at radius 1 is 0.519 bits per heavy atom. The standard InChI is InChI=1S/C36H22N4O.5C2H6.Pt/c1-3-14-32-25(9-1)17-18-26-10-8-22-38-36(26)39(32)27-11-7-12-28(23-27)41-29-19-20-31-30-13-2-4-15-33(30)40(34(31)24-29)35-16-5-6-21-37-35;5*1-2;/h1-22H;5*1-2H3;/q-2;;;;;;+2. The average molecular weight is 872 g/mol. The summed E-state index contributed by atoms with van der Waals surface area (Å²) < 4.78 is 8.53. The molecule has 0 saturated heterocycles. The zero-order valence-electron chi connectivity index (χ0n) is 32.2. The molecule has 6 heteroatoms. The molecule has 0 radical (unpaired) electrons. The van der Waals surface area contributed by atoms with Crippen molar-refractivity contribution in [2.24, 2.45) is 0 Å². The summed E-state index contributed by atoms with van der Waals surface area (Å²) >= 11 is 0. The fourth-order valence-corrected chi connectivity index (χ4v) is 5.50. The van der Waals surface area contributed by atoms with Crippen LogP contribution in [0.2, 0.25) is 0 Å². The van der Waals surface area contributed by atoms with Gasteiger partial charge in [0.1, 0.15) is 11.6 Å². The second-order valence-corrected chi connectivity index (χ2v) is 9.77. The monoisotopic (exact) mass is 871 g/mol. The molecule has 1 aliphatic rings. The van der Waals surface area contributed by atoms with E-state index in [4.69, 9.17) is 9.72 Å². The maximum Gasteiger partial charge on any atom is 2.00 e. The van der Waals surface area contributed by atoms with Crippen molar-refractivity contribution in [1.29, 1.82) is 0 Å². The summed E-state index contributed by atoms with van der Waals surface area (Å²) in [5.74, 6) is 2.86. The molecule has 4 heterocycles. The van der Waals surface area contributed by atoms with Crippen molar-refractivity contribution >= 4 is 51.2 Å². The van der Waals surface area contributed by atoms with Crippen molar-refractivity contribution in [3.8, 4) is 17.3 Å². The van der Waals surface area contributed by atoms with Crippen molar-refractivity contribution in [3.05, 3.63) is 145 Å². The van der Waals surface area contributed by atoms with E-state index in [1.165, 1.54) is 0 Å². The van der Waals surface area contributed by atoms with Crippen molar-refractivity contribution in [2.45, 2.75) is 69.2 Å². The van der Waals surface area contributed by atoms with Gasteiger partial charge in [-0.1, -0.05) is 135 Å². The van der Waals surface area contributed by atoms with Gasteiger partial charge in [0, 0.05) is 35.0 Å². The van der Waals surface area contributed by atoms with Gasteiger partial charge >= 0.3 is 21.1 Å². The number of aromatic nitrogens is 3. The summed E-state index contributed by atoms with van der Waals surface area (Å²) in [6, 6.07) is 43.5. The third-order valence-electron chi connectivity index (χ3n) is 7.30. The van der Waals surface area contributed by atoms with Gasteiger partial charge in [-0.05, 0) is 47.3 Å². The Balaban J connectivity index is 0.000000789. The number of benzene rings is 4. The molecule has 0 fully saturated rings. The van der Waals surface area contributed by atoms with E-state index < -0.39 is 0 Å². The Morgan fingerprint density at radius 3 is 1.90 bits per heavy atom. The summed E-state index contributed by atoms with van der Waals surface area (Å²) in [6.45, 7) is 20.0. The maximum atomic E-state index is 6.40. The van der Waals surface area contributed by atoms with Gasteiger partial charge in [0.15, 0.2) is 0 Å². The number of nitrogens with zero attached hydrogens (tertiary/aromatic N) is 4. The molecule has 7 aromatic rings. The van der Waals surface area contributed by atoms with Crippen LogP contribution in [0.4, 0.5) is 17.2 Å². The number of hydrogen-bond donors (Lipinski definition) is 0. The largest absolute Gasteiger partial charge is 2.00 e. The molecule has 0 bridgehead atoms. The number of fused-ring (bicyclic) bond motifs is 5. The summed E-state index contributed by atoms with van der Waals surface area (Å²) in [7, 11) is 0. The summed E-state index contributed by atoms with van der Waals surface area (Å²) in [5, 5.41) is 2.23. The molecular weight excluding hydrogens is 820 g/mol. The Bertz CT molecular complexity index is 2050. The second-order valence-electron chi connectivity index (χ2n) is 9.77. The summed E-state index contributed by atoms with van der Waals surface area (Å²) in [6.07, 6.45) is 7.85. The topological polar surface area (TPSA) is 43.2 Å². The van der Waals surface area contributed by atoms with Gasteiger partial charge in [0.2, 0.25) is 0 Å². The molecule has 0 aliphatic carbocycles. The minimum Gasteiger partial charge on any atom is -0.509 e. The molecule has 1 aliphatic heterocycles. The van der Waals surface area contributed by atoms with E-state index in [9.17, 15) is 0 Å². The first-order valence-corrected chi connectivity index (χ1v) is 18.4. The predicted octanol–water partition coefficient (Wildman–Crippen LogP) is 14.0. The van der Waals surface area contributed by atoms with E-state index in [-0.39, 0.29) is 21.1 Å². The molecule has 0 unspecified atom stereocenters. The summed E-state index contributed by atoms with van der Waals surface area (Å²) in [5.41, 5.74) is 5.98. The number of pyridine rings is 2. The Kier molecular flexibility index (Phi) is 18.9. The van der Waals surface area contributed by atoms with Crippen LogP contribution in [0.1, 0.15) is 80.4 Å². The molecule has 3 aromatic heterocycles. The van der Waals surface area contributed by atoms with Crippen molar-refractivity contribution < 1.29 is 25.8 Å². The molecule has 0 saturated carbocycles. The Morgan fingerprint density at radius 2 is 1.15 bits per heavy atom. The minimum absolute atomic E-state index is 0. The van der Waals surface area contributed by atoms with Gasteiger partial charge in [-0.25, -0.2) is 9.97 Å². The number of rotatable bonds is 4. The third kappa shape index (κ3) is 9.46. The smallest absolute Gasteiger partial charge is 0.509 e. The first-order valence-electron chi connectivity index (χ1n) is 18.4. The molecule has 5 nitrogen and oxygen atoms in total. The van der Waals surface area contributed by atoms with Crippen molar-refractivity contribution in [3.63, 3.8) is 0 Å². The van der Waals surface area contributed by atoms with E-state index in [1.54, 1.807) is 6.20 Å². The van der Waals surface area contributed by atoms with Gasteiger partial charge in [-0.3, -0.25) is 0 Å². The first kappa shape index (κ1) is 43.2. The fraction of sp³-hybridized carbons (Fsp3) is 0.217. The van der Waals surface area contributed by atoms with E-state index in [0.717, 1.165) is 55.9 Å². The van der Waals surface area contributed by atoms with Crippen molar-refractivity contribution in [1.82, 2.24) is 14.5 Å². The molecule has 0 spiro atoms. The normalized spacial score (nSPS) is 10.2. The molecular formula is C46H52N4OPt. The molecule has 8 rings (SSSR count). The van der Waals surface area contributed by atoms with E-state index in [1.807, 2.05) is 142 Å². The molecule has 0 atom stereocenters. The predicted molar refractivity (Wildman–Crippen MR) is 221 cm³/mol. The Hall–Kier alpha value is -4.99. The first-order chi connectivity index (χ1) is 25.3. The van der Waals surface area contributed by atoms with Crippen LogP contribution in [0.15, 0.2) is 122 Å². The zero-order chi connectivity index (χ0) is 37.2. The SMILES string of the molecule is CC.CC.CC.CC.CC.[Pt+2].[c-]1c(Oc2[c-]c3c(cc2)c2ccccc2n3-c2ccccn2)cccc1N1c2ccccc2C=Cc2cccnc21. The average Bonchev–Trinajstić information content (AvgIpc) is 3.45. The number of hydrogen-bond acceptors (Lipinski definition) is 4. The van der Waals surface area contributed by atoms with Crippen LogP contribution >= 0.6 is 0 Å². The molecule has 0 amide bonds. The maximum absolute atomic E-state index is 6.40. The van der Waals surface area contributed by atoms with E-state index >= 15 is 0 Å². The zero-order valence-corrected chi connectivity index (χ0v) is 34.5. The van der Waals surface area contributed by atoms with Crippen LogP contribution in [0, 0.1) is 12.1 Å². The summed E-state index contributed by atoms with van der Waals surface area (Å²) in [4.78, 5) is 11.5. The van der Waals surface area contributed by atoms with E-state index in [0.29, 0.717) is 11.5 Å². The number of anilines is 3. The van der Waals surface area contributed by atoms with Crippen LogP contribution in [-0.4, -0.2) is 14.5 Å². The van der Waals surface area contributed by atoms with Gasteiger partial charge in [-0.2, -0.15) is 12.1 Å². The molecule has 0 N–H and O–H groups in total. The molecule has 272 valence electrons. The van der Waals surface area contributed by atoms with Gasteiger partial charge in [0.25, 0.3) is 0 Å². The van der Waals surface area contributed by atoms with Gasteiger partial charge < -0.3 is 14.2 Å². The van der Waals surface area contributed by atoms with Crippen LogP contribution < -0.4 is 9.64 Å². The molecule has 4 aromatic carbocycles. The number of ether oxygens (including phenoxy) is 1. The second kappa shape index (κ2) is 22.7. The number of para-hydroxylation sites is 2. The van der Waals surface area contributed by atoms with Crippen molar-refractivity contribution in [2.75, 3.05) is 4.90 Å². The van der Waals surface area contributed by atoms with Crippen LogP contribution in [0.25, 0.3) is 39.8 Å². The fourth-order valence-electron chi connectivity index (χ4n) is 5.50. The van der Waals surface area contributed by atoms with Gasteiger partial charge in [-0.15, -0.1) is 35.7 Å². The molecule has 52 heavy (non-hydrogen) atoms. The van der Waals surface area contributed by atoms with Crippen LogP contribution in [0.5, 0.6) is 11.5 Å². The third-order valence-corrected chi connectivity index (χ3v) is 7.30.